The molecule has 0 aromatic rings. The number of hydrogen-bond donors (Lipinski definition) is 4. The van der Waals surface area contributed by atoms with Gasteiger partial charge in [0.05, 0.1) is 11.0 Å². The molecule has 15 heavy (non-hydrogen) atoms. The second kappa shape index (κ2) is 5.68. The molecule has 0 aliphatic rings. The van der Waals surface area contributed by atoms with Crippen molar-refractivity contribution in [1.82, 2.24) is 10.5 Å². The summed E-state index contributed by atoms with van der Waals surface area (Å²) in [6, 6.07) is -0.117. The molecule has 0 rings (SSSR count). The van der Waals surface area contributed by atoms with Gasteiger partial charge in [-0.2, -0.15) is 0 Å². The largest absolute Gasteiger partial charge is 0.575 e. The summed E-state index contributed by atoms with van der Waals surface area (Å²) in [5.41, 5.74) is 2.84. The lowest BCUT2D eigenvalue weighted by molar-refractivity contribution is -1.40. The number of nitrogens with one attached hydrogen (secondary N) is 2. The van der Waals surface area contributed by atoms with Crippen LogP contribution in [0.4, 0.5) is 0 Å². The van der Waals surface area contributed by atoms with Crippen LogP contribution in [0.1, 0.15) is 27.7 Å². The van der Waals surface area contributed by atoms with Crippen molar-refractivity contribution >= 4 is 0 Å². The van der Waals surface area contributed by atoms with Gasteiger partial charge in [-0.05, 0) is 32.8 Å². The minimum Gasteiger partial charge on any atom is -0.575 e. The highest BCUT2D eigenvalue weighted by atomic mass is 17.1. The van der Waals surface area contributed by atoms with E-state index >= 15 is 0 Å². The van der Waals surface area contributed by atoms with Crippen LogP contribution >= 0.6 is 0 Å². The fourth-order valence-corrected chi connectivity index (χ4v) is 1.32. The van der Waals surface area contributed by atoms with Crippen molar-refractivity contribution in [1.29, 1.82) is 0 Å². The number of hydroxylamine groups is 1. The molecule has 0 spiro atoms. The lowest BCUT2D eigenvalue weighted by Gasteiger charge is -2.41. The molecule has 0 fully saturated rings. The highest BCUT2D eigenvalue weighted by Crippen LogP contribution is 2.12. The van der Waals surface area contributed by atoms with E-state index in [4.69, 9.17) is 16.6 Å². The van der Waals surface area contributed by atoms with Gasteiger partial charge in [0.15, 0.2) is 6.04 Å². The summed E-state index contributed by atoms with van der Waals surface area (Å²) in [6.45, 7) is 7.50. The lowest BCUT2D eigenvalue weighted by atomic mass is 10.4. The molecule has 0 aliphatic carbocycles. The molecular formula is C7H23N6O2+. The van der Waals surface area contributed by atoms with E-state index in [0.717, 1.165) is 0 Å². The third-order valence-corrected chi connectivity index (χ3v) is 2.12. The van der Waals surface area contributed by atoms with E-state index in [2.05, 4.69) is 5.43 Å². The molecule has 0 heterocycles. The summed E-state index contributed by atoms with van der Waals surface area (Å²) in [4.78, 5) is 4.70. The Bertz CT molecular complexity index is 188. The van der Waals surface area contributed by atoms with Crippen LogP contribution in [0.3, 0.4) is 0 Å². The number of quaternary nitrogens is 2. The zero-order chi connectivity index (χ0) is 12.2. The molecule has 2 unspecified atom stereocenters. The molecule has 2 atom stereocenters. The first-order chi connectivity index (χ1) is 6.77. The van der Waals surface area contributed by atoms with Crippen molar-refractivity contribution in [3.63, 3.8) is 0 Å². The topological polar surface area (TPSA) is 104 Å². The maximum Gasteiger partial charge on any atom is 0.161 e. The Morgan fingerprint density at radius 1 is 1.40 bits per heavy atom. The molecule has 0 aliphatic heterocycles. The van der Waals surface area contributed by atoms with E-state index in [-0.39, 0.29) is 16.9 Å². The van der Waals surface area contributed by atoms with Gasteiger partial charge in [-0.15, -0.1) is 11.3 Å². The Morgan fingerprint density at radius 2 is 1.87 bits per heavy atom. The predicted molar refractivity (Wildman–Crippen MR) is 55.2 cm³/mol. The quantitative estimate of drug-likeness (QED) is 0.235. The van der Waals surface area contributed by atoms with Crippen molar-refractivity contribution in [3.05, 3.63) is 5.21 Å². The first-order valence-electron chi connectivity index (χ1n) is 4.89. The average molecular weight is 223 g/mol. The van der Waals surface area contributed by atoms with Gasteiger partial charge in [-0.3, -0.25) is 0 Å². The second-order valence-electron chi connectivity index (χ2n) is 3.82. The number of hydrazine groups is 1. The van der Waals surface area contributed by atoms with Crippen LogP contribution in [0, 0.1) is 5.21 Å². The van der Waals surface area contributed by atoms with E-state index in [1.54, 1.807) is 7.05 Å². The zero-order valence-corrected chi connectivity index (χ0v) is 10.0. The van der Waals surface area contributed by atoms with E-state index < -0.39 is 5.34 Å². The molecular weight excluding hydrogens is 200 g/mol. The Kier molecular flexibility index (Phi) is 5.56. The third kappa shape index (κ3) is 3.33. The Labute approximate surface area is 90.3 Å². The summed E-state index contributed by atoms with van der Waals surface area (Å²) in [7, 11) is 1.64. The lowest BCUT2D eigenvalue weighted by Crippen LogP contribution is -3.15. The molecule has 6 N–H and O–H groups in total. The molecule has 0 saturated carbocycles. The summed E-state index contributed by atoms with van der Waals surface area (Å²) in [5.74, 6) is 10.9. The number of hydrogen-bond acceptors (Lipinski definition) is 6. The SMILES string of the molecule is CN[N+](O[NH+](N)[O-])(C(C)C)N(N)C(C)C. The summed E-state index contributed by atoms with van der Waals surface area (Å²) in [5, 5.41) is 11.4. The number of rotatable bonds is 6. The van der Waals surface area contributed by atoms with Crippen molar-refractivity contribution in [2.24, 2.45) is 11.7 Å². The van der Waals surface area contributed by atoms with Crippen LogP contribution in [-0.4, -0.2) is 29.1 Å². The molecule has 8 heteroatoms. The van der Waals surface area contributed by atoms with Gasteiger partial charge in [0.25, 0.3) is 0 Å². The minimum atomic E-state index is -0.880. The molecule has 0 radical (unpaired) electrons. The smallest absolute Gasteiger partial charge is 0.161 e. The van der Waals surface area contributed by atoms with Crippen molar-refractivity contribution in [2.75, 3.05) is 7.05 Å². The fraction of sp³-hybridized carbons (Fsp3) is 1.00. The van der Waals surface area contributed by atoms with Gasteiger partial charge >= 0.3 is 0 Å². The van der Waals surface area contributed by atoms with Crippen molar-refractivity contribution in [3.8, 4) is 0 Å². The first kappa shape index (κ1) is 14.7. The van der Waals surface area contributed by atoms with Crippen LogP contribution in [0.25, 0.3) is 0 Å². The Morgan fingerprint density at radius 3 is 2.07 bits per heavy atom. The van der Waals surface area contributed by atoms with Gasteiger partial charge in [0.1, 0.15) is 0 Å². The van der Waals surface area contributed by atoms with Crippen LogP contribution in [0.15, 0.2) is 0 Å². The standard InChI is InChI=1S/C7H23N6O2/c1-6(2)11(8)13(10-5,7(3)4)15-12(9)14/h6-7,10,12H,8-9H2,1-5H3/q+1. The Hall–Kier alpha value is -0.320. The average Bonchev–Trinajstić information content (AvgIpc) is 2.12. The van der Waals surface area contributed by atoms with E-state index in [0.29, 0.717) is 0 Å². The molecule has 8 nitrogen and oxygen atoms in total. The zero-order valence-electron chi connectivity index (χ0n) is 10.0. The van der Waals surface area contributed by atoms with Gasteiger partial charge in [0.2, 0.25) is 0 Å². The third-order valence-electron chi connectivity index (χ3n) is 2.12. The van der Waals surface area contributed by atoms with Gasteiger partial charge in [-0.25, -0.2) is 5.84 Å². The fourth-order valence-electron chi connectivity index (χ4n) is 1.32. The van der Waals surface area contributed by atoms with Crippen molar-refractivity contribution in [2.45, 2.75) is 39.8 Å². The molecule has 0 saturated heterocycles. The summed E-state index contributed by atoms with van der Waals surface area (Å²) < 4.78 is 0. The number of nitrogens with zero attached hydrogens (tertiary/aromatic N) is 2. The molecule has 0 aromatic carbocycles. The van der Waals surface area contributed by atoms with Crippen LogP contribution in [0.5, 0.6) is 0 Å². The normalized spacial score (nSPS) is 18.6. The molecule has 0 aromatic heterocycles. The first-order valence-corrected chi connectivity index (χ1v) is 4.89. The highest BCUT2D eigenvalue weighted by Gasteiger charge is 2.44. The number of nitrogens with two attached hydrogens (primary N) is 2. The monoisotopic (exact) mass is 223 g/mol. The second-order valence-corrected chi connectivity index (χ2v) is 3.82. The van der Waals surface area contributed by atoms with Gasteiger partial charge < -0.3 is 5.21 Å². The van der Waals surface area contributed by atoms with Crippen molar-refractivity contribution < 1.29 is 15.1 Å². The maximum absolute atomic E-state index is 10.9. The van der Waals surface area contributed by atoms with Crippen LogP contribution in [0.2, 0.25) is 0 Å². The minimum absolute atomic E-state index is 0.0146. The van der Waals surface area contributed by atoms with Gasteiger partial charge in [-0.1, -0.05) is 5.34 Å². The van der Waals surface area contributed by atoms with Crippen LogP contribution in [-0.2, 0) is 4.94 Å². The molecule has 92 valence electrons. The Balaban J connectivity index is 4.96. The van der Waals surface area contributed by atoms with Crippen LogP contribution < -0.4 is 22.4 Å². The molecule has 0 amide bonds. The van der Waals surface area contributed by atoms with E-state index in [9.17, 15) is 5.21 Å². The maximum atomic E-state index is 10.9. The summed E-state index contributed by atoms with van der Waals surface area (Å²) in [6.07, 6.45) is 0. The van der Waals surface area contributed by atoms with Gasteiger partial charge in [0, 0.05) is 11.9 Å². The molecule has 0 bridgehead atoms. The van der Waals surface area contributed by atoms with E-state index in [1.807, 2.05) is 27.7 Å². The predicted octanol–water partition coefficient (Wildman–Crippen LogP) is -2.05. The highest BCUT2D eigenvalue weighted by molar-refractivity contribution is 4.43. The van der Waals surface area contributed by atoms with E-state index in [1.165, 1.54) is 5.12 Å². The summed E-state index contributed by atoms with van der Waals surface area (Å²) >= 11 is 0.